The zero-order valence-electron chi connectivity index (χ0n) is 10.2. The summed E-state index contributed by atoms with van der Waals surface area (Å²) in [5, 5.41) is 13.5. The molecule has 0 aliphatic carbocycles. The summed E-state index contributed by atoms with van der Waals surface area (Å²) in [6, 6.07) is 0.346. The highest BCUT2D eigenvalue weighted by atomic mass is 16.5. The fourth-order valence-electron chi connectivity index (χ4n) is 2.84. The molecule has 0 aromatic heterocycles. The van der Waals surface area contributed by atoms with Gasteiger partial charge in [0.2, 0.25) is 0 Å². The summed E-state index contributed by atoms with van der Waals surface area (Å²) in [6.07, 6.45) is 9.59. The molecule has 2 N–H and O–H groups in total. The van der Waals surface area contributed by atoms with Crippen molar-refractivity contribution in [2.45, 2.75) is 69.6 Å². The summed E-state index contributed by atoms with van der Waals surface area (Å²) in [7, 11) is 0. The smallest absolute Gasteiger partial charge is 0.0693 e. The zero-order chi connectivity index (χ0) is 11.2. The number of aliphatic hydroxyl groups is 1. The Kier molecular flexibility index (Phi) is 5.07. The average molecular weight is 227 g/mol. The summed E-state index contributed by atoms with van der Waals surface area (Å²) in [6.45, 7) is 2.02. The van der Waals surface area contributed by atoms with Crippen LogP contribution in [0.25, 0.3) is 0 Å². The molecule has 94 valence electrons. The Morgan fingerprint density at radius 2 is 2.19 bits per heavy atom. The number of aliphatic hydroxyl groups excluding tert-OH is 1. The number of ether oxygens (including phenoxy) is 1. The lowest BCUT2D eigenvalue weighted by Gasteiger charge is -2.28. The second-order valence-electron chi connectivity index (χ2n) is 5.19. The van der Waals surface area contributed by atoms with Crippen LogP contribution in [0.15, 0.2) is 0 Å². The molecule has 3 nitrogen and oxygen atoms in total. The van der Waals surface area contributed by atoms with E-state index in [0.29, 0.717) is 12.1 Å². The first kappa shape index (κ1) is 12.3. The molecule has 16 heavy (non-hydrogen) atoms. The molecule has 0 aromatic carbocycles. The first-order valence-electron chi connectivity index (χ1n) is 6.89. The predicted octanol–water partition coefficient (Wildman–Crippen LogP) is 1.84. The molecule has 0 radical (unpaired) electrons. The molecular formula is C13H25NO2. The molecule has 0 spiro atoms. The van der Waals surface area contributed by atoms with Gasteiger partial charge in [-0.05, 0) is 51.5 Å². The van der Waals surface area contributed by atoms with Crippen molar-refractivity contribution < 1.29 is 9.84 Å². The molecule has 0 saturated carbocycles. The predicted molar refractivity (Wildman–Crippen MR) is 64.5 cm³/mol. The monoisotopic (exact) mass is 227 g/mol. The lowest BCUT2D eigenvalue weighted by atomic mass is 9.96. The van der Waals surface area contributed by atoms with Crippen LogP contribution in [0.5, 0.6) is 0 Å². The molecule has 2 aliphatic rings. The van der Waals surface area contributed by atoms with Crippen molar-refractivity contribution in [3.05, 3.63) is 0 Å². The molecule has 3 atom stereocenters. The van der Waals surface area contributed by atoms with Gasteiger partial charge in [-0.3, -0.25) is 0 Å². The highest BCUT2D eigenvalue weighted by Crippen LogP contribution is 2.20. The quantitative estimate of drug-likeness (QED) is 0.753. The largest absolute Gasteiger partial charge is 0.392 e. The van der Waals surface area contributed by atoms with E-state index in [1.165, 1.54) is 25.7 Å². The van der Waals surface area contributed by atoms with E-state index in [1.807, 2.05) is 0 Å². The number of rotatable bonds is 5. The van der Waals surface area contributed by atoms with Crippen molar-refractivity contribution in [3.8, 4) is 0 Å². The maximum Gasteiger partial charge on any atom is 0.0693 e. The van der Waals surface area contributed by atoms with Gasteiger partial charge in [0.1, 0.15) is 0 Å². The zero-order valence-corrected chi connectivity index (χ0v) is 10.2. The Hall–Kier alpha value is -0.120. The van der Waals surface area contributed by atoms with E-state index in [9.17, 15) is 5.11 Å². The van der Waals surface area contributed by atoms with Gasteiger partial charge in [-0.15, -0.1) is 0 Å². The second-order valence-corrected chi connectivity index (χ2v) is 5.19. The van der Waals surface area contributed by atoms with Gasteiger partial charge in [-0.25, -0.2) is 0 Å². The molecule has 2 heterocycles. The standard InChI is InChI=1S/C13H25NO2/c15-13(12-7-1-2-9-14-12)8-3-5-11-6-4-10-16-11/h11-15H,1-10H2. The third-order valence-electron chi connectivity index (χ3n) is 3.86. The number of nitrogens with one attached hydrogen (secondary N) is 1. The fourth-order valence-corrected chi connectivity index (χ4v) is 2.84. The van der Waals surface area contributed by atoms with Crippen molar-refractivity contribution in [1.82, 2.24) is 5.32 Å². The van der Waals surface area contributed by atoms with Crippen molar-refractivity contribution in [3.63, 3.8) is 0 Å². The van der Waals surface area contributed by atoms with Crippen LogP contribution in [0, 0.1) is 0 Å². The summed E-state index contributed by atoms with van der Waals surface area (Å²) in [4.78, 5) is 0. The normalized spacial score (nSPS) is 32.8. The average Bonchev–Trinajstić information content (AvgIpc) is 2.83. The third-order valence-corrected chi connectivity index (χ3v) is 3.86. The number of piperidine rings is 1. The minimum Gasteiger partial charge on any atom is -0.392 e. The van der Waals surface area contributed by atoms with Crippen LogP contribution in [0.4, 0.5) is 0 Å². The van der Waals surface area contributed by atoms with Crippen LogP contribution < -0.4 is 5.32 Å². The lowest BCUT2D eigenvalue weighted by Crippen LogP contribution is -2.43. The van der Waals surface area contributed by atoms with Gasteiger partial charge in [-0.2, -0.15) is 0 Å². The highest BCUT2D eigenvalue weighted by Gasteiger charge is 2.21. The van der Waals surface area contributed by atoms with Gasteiger partial charge in [-0.1, -0.05) is 6.42 Å². The van der Waals surface area contributed by atoms with E-state index in [-0.39, 0.29) is 6.10 Å². The first-order valence-corrected chi connectivity index (χ1v) is 6.89. The maximum absolute atomic E-state index is 10.0. The van der Waals surface area contributed by atoms with Crippen molar-refractivity contribution in [1.29, 1.82) is 0 Å². The Morgan fingerprint density at radius 1 is 1.25 bits per heavy atom. The van der Waals surface area contributed by atoms with Gasteiger partial charge >= 0.3 is 0 Å². The molecular weight excluding hydrogens is 202 g/mol. The number of hydrogen-bond donors (Lipinski definition) is 2. The maximum atomic E-state index is 10.0. The molecule has 3 heteroatoms. The number of hydrogen-bond acceptors (Lipinski definition) is 3. The van der Waals surface area contributed by atoms with Gasteiger partial charge < -0.3 is 15.2 Å². The van der Waals surface area contributed by atoms with Gasteiger partial charge in [0, 0.05) is 12.6 Å². The van der Waals surface area contributed by atoms with Crippen LogP contribution in [-0.2, 0) is 4.74 Å². The van der Waals surface area contributed by atoms with Crippen LogP contribution >= 0.6 is 0 Å². The second kappa shape index (κ2) is 6.58. The molecule has 0 bridgehead atoms. The lowest BCUT2D eigenvalue weighted by molar-refractivity contribution is 0.0805. The molecule has 0 aromatic rings. The van der Waals surface area contributed by atoms with Crippen LogP contribution in [0.2, 0.25) is 0 Å². The Labute approximate surface area is 98.6 Å². The summed E-state index contributed by atoms with van der Waals surface area (Å²) < 4.78 is 5.58. The summed E-state index contributed by atoms with van der Waals surface area (Å²) in [5.74, 6) is 0. The highest BCUT2D eigenvalue weighted by molar-refractivity contribution is 4.79. The Morgan fingerprint density at radius 3 is 2.88 bits per heavy atom. The van der Waals surface area contributed by atoms with E-state index < -0.39 is 0 Å². The molecule has 0 amide bonds. The molecule has 2 saturated heterocycles. The van der Waals surface area contributed by atoms with Crippen molar-refractivity contribution in [2.75, 3.05) is 13.2 Å². The van der Waals surface area contributed by atoms with Crippen molar-refractivity contribution >= 4 is 0 Å². The van der Waals surface area contributed by atoms with Crippen LogP contribution in [0.3, 0.4) is 0 Å². The Balaban J connectivity index is 1.57. The Bertz CT molecular complexity index is 186. The van der Waals surface area contributed by atoms with Gasteiger partial charge in [0.25, 0.3) is 0 Å². The van der Waals surface area contributed by atoms with E-state index in [1.54, 1.807) is 0 Å². The van der Waals surface area contributed by atoms with Gasteiger partial charge in [0.05, 0.1) is 12.2 Å². The van der Waals surface area contributed by atoms with Crippen LogP contribution in [0.1, 0.15) is 51.4 Å². The molecule has 2 fully saturated rings. The topological polar surface area (TPSA) is 41.5 Å². The van der Waals surface area contributed by atoms with Gasteiger partial charge in [0.15, 0.2) is 0 Å². The van der Waals surface area contributed by atoms with E-state index in [2.05, 4.69) is 5.32 Å². The summed E-state index contributed by atoms with van der Waals surface area (Å²) in [5.41, 5.74) is 0. The molecule has 2 aliphatic heterocycles. The minimum absolute atomic E-state index is 0.151. The SMILES string of the molecule is OC(CCCC1CCCO1)C1CCCCN1. The third kappa shape index (κ3) is 3.72. The minimum atomic E-state index is -0.151. The van der Waals surface area contributed by atoms with Crippen molar-refractivity contribution in [2.24, 2.45) is 0 Å². The molecule has 3 unspecified atom stereocenters. The van der Waals surface area contributed by atoms with E-state index in [0.717, 1.165) is 38.8 Å². The van der Waals surface area contributed by atoms with E-state index in [4.69, 9.17) is 4.74 Å². The van der Waals surface area contributed by atoms with E-state index >= 15 is 0 Å². The first-order chi connectivity index (χ1) is 7.86. The molecule has 2 rings (SSSR count). The summed E-state index contributed by atoms with van der Waals surface area (Å²) >= 11 is 0. The van der Waals surface area contributed by atoms with Crippen LogP contribution in [-0.4, -0.2) is 36.5 Å². The fraction of sp³-hybridized carbons (Fsp3) is 1.00.